The molecular weight excluding hydrogens is 1060 g/mol. The predicted octanol–water partition coefficient (Wildman–Crippen LogP) is 17.3. The number of para-hydroxylation sites is 3. The Morgan fingerprint density at radius 1 is 0.486 bits per heavy atom. The zero-order valence-corrected chi connectivity index (χ0v) is 41.8. The zero-order valence-electron chi connectivity index (χ0n) is 42.5. The van der Waals surface area contributed by atoms with Crippen molar-refractivity contribution in [3.63, 3.8) is 0 Å². The molecule has 0 N–H and O–H groups in total. The van der Waals surface area contributed by atoms with Gasteiger partial charge in [0.25, 0.3) is 0 Å². The Bertz CT molecular complexity index is 4130. The molecular formula is C66H50N4OPt. The Labute approximate surface area is 434 Å². The van der Waals surface area contributed by atoms with E-state index < -0.39 is 6.85 Å². The number of benzene rings is 9. The van der Waals surface area contributed by atoms with Crippen molar-refractivity contribution in [3.8, 4) is 67.5 Å². The van der Waals surface area contributed by atoms with Crippen LogP contribution in [0.2, 0.25) is 0 Å². The molecule has 0 saturated heterocycles. The van der Waals surface area contributed by atoms with E-state index in [1.54, 1.807) is 12.3 Å². The average Bonchev–Trinajstić information content (AvgIpc) is 3.93. The second-order valence-electron chi connectivity index (χ2n) is 18.8. The van der Waals surface area contributed by atoms with Crippen LogP contribution in [-0.2, 0) is 19.4 Å². The van der Waals surface area contributed by atoms with Gasteiger partial charge in [-0.1, -0.05) is 66.7 Å². The van der Waals surface area contributed by atoms with E-state index in [9.17, 15) is 0 Å². The van der Waals surface area contributed by atoms with Gasteiger partial charge in [-0.15, -0.1) is 0 Å². The van der Waals surface area contributed by atoms with Crippen molar-refractivity contribution < 1.29 is 28.2 Å². The van der Waals surface area contributed by atoms with Gasteiger partial charge < -0.3 is 0 Å². The number of hydrogen-bond acceptors (Lipinski definition) is 2. The molecule has 2 unspecified atom stereocenters. The van der Waals surface area contributed by atoms with E-state index in [0.717, 1.165) is 83.2 Å². The van der Waals surface area contributed by atoms with Gasteiger partial charge >= 0.3 is 302 Å². The molecule has 12 aromatic rings. The van der Waals surface area contributed by atoms with Gasteiger partial charge in [0.1, 0.15) is 0 Å². The second kappa shape index (κ2) is 18.2. The molecule has 0 spiro atoms. The molecule has 72 heavy (non-hydrogen) atoms. The summed E-state index contributed by atoms with van der Waals surface area (Å²) in [6.07, 6.45) is 3.71. The Morgan fingerprint density at radius 2 is 1.10 bits per heavy atom. The predicted molar refractivity (Wildman–Crippen MR) is 292 cm³/mol. The number of pyridine rings is 1. The third-order valence-corrected chi connectivity index (χ3v) is 15.6. The molecule has 1 aliphatic rings. The van der Waals surface area contributed by atoms with Crippen molar-refractivity contribution in [1.29, 1.82) is 0 Å². The van der Waals surface area contributed by atoms with Crippen LogP contribution in [0, 0.1) is 10.7 Å². The first-order valence-corrected chi connectivity index (χ1v) is 25.7. The fourth-order valence-electron chi connectivity index (χ4n) is 11.1. The number of imidazole rings is 1. The van der Waals surface area contributed by atoms with Gasteiger partial charge in [0, 0.05) is 15.9 Å². The normalized spacial score (nSPS) is 15.3. The van der Waals surface area contributed by atoms with Crippen LogP contribution in [0.1, 0.15) is 52.5 Å². The molecule has 350 valence electrons. The first-order valence-electron chi connectivity index (χ1n) is 26.1. The summed E-state index contributed by atoms with van der Waals surface area (Å²) in [5.41, 5.74) is 16.3. The smallest absolute Gasteiger partial charge is 0.0374 e. The molecule has 0 bridgehead atoms. The van der Waals surface area contributed by atoms with Crippen molar-refractivity contribution in [2.45, 2.75) is 38.6 Å². The molecule has 0 aliphatic heterocycles. The largest absolute Gasteiger partial charge is 0.238 e. The van der Waals surface area contributed by atoms with Gasteiger partial charge in [0.2, 0.25) is 0 Å². The van der Waals surface area contributed by atoms with E-state index in [0.29, 0.717) is 23.0 Å². The molecule has 6 heteroatoms. The summed E-state index contributed by atoms with van der Waals surface area (Å²) < 4.78 is 41.3. The maximum absolute atomic E-state index is 8.69. The quantitative estimate of drug-likeness (QED) is 0.144. The van der Waals surface area contributed by atoms with Crippen LogP contribution < -0.4 is 4.74 Å². The number of aromatic nitrogens is 4. The van der Waals surface area contributed by atoms with Crippen molar-refractivity contribution in [2.75, 3.05) is 0 Å². The molecule has 2 atom stereocenters. The third kappa shape index (κ3) is 7.59. The molecule has 1 aliphatic carbocycles. The van der Waals surface area contributed by atoms with Crippen LogP contribution in [-0.4, -0.2) is 18.7 Å². The molecule has 0 saturated carbocycles. The molecule has 0 radical (unpaired) electrons. The Hall–Kier alpha value is -8.11. The van der Waals surface area contributed by atoms with Gasteiger partial charge in [0.15, 0.2) is 0 Å². The monoisotopic (exact) mass is 1110 g/mol. The van der Waals surface area contributed by atoms with Crippen LogP contribution in [0.15, 0.2) is 231 Å². The minimum atomic E-state index is -2.39. The standard InChI is InChI=1S/C66H50N4O.Pt/c1-44-30-36-60(68-43-69(63-29-16-15-28-62(63)68)66-54(47-20-9-4-10-21-47)26-17-27-55(66)48-22-11-5-12-23-48)58-40-51(32-34-53(44)58)71-52-33-35-56-57-39-50(46-18-7-3-8-19-46)31-37-61(57)70(64(56)41-52)65-38-45(2)59(42-67-65)49-24-13-6-14-25-49;/h3-29,31-35,37-42,44,60H,30,36H2,1-2H3;/i2D3;. The fourth-order valence-corrected chi connectivity index (χ4v) is 12.3. The summed E-state index contributed by atoms with van der Waals surface area (Å²) >= 11 is 2.57. The van der Waals surface area contributed by atoms with Gasteiger partial charge in [-0.25, -0.2) is 4.98 Å². The van der Waals surface area contributed by atoms with E-state index >= 15 is 0 Å². The van der Waals surface area contributed by atoms with E-state index in [2.05, 4.69) is 216 Å². The first-order chi connectivity index (χ1) is 36.7. The molecule has 3 heterocycles. The molecule has 0 fully saturated rings. The summed E-state index contributed by atoms with van der Waals surface area (Å²) in [6, 6.07) is 78.0. The summed E-state index contributed by atoms with van der Waals surface area (Å²) in [5.74, 6) is 2.30. The summed E-state index contributed by atoms with van der Waals surface area (Å²) in [6.45, 7) is -0.0495. The topological polar surface area (TPSA) is 36.9 Å². The van der Waals surface area contributed by atoms with Crippen molar-refractivity contribution >= 4 is 32.8 Å². The second-order valence-corrected chi connectivity index (χ2v) is 19.8. The van der Waals surface area contributed by atoms with Crippen LogP contribution in [0.3, 0.4) is 0 Å². The van der Waals surface area contributed by atoms with Crippen LogP contribution >= 0.6 is 0 Å². The van der Waals surface area contributed by atoms with Crippen LogP contribution in [0.4, 0.5) is 0 Å². The number of hydrogen-bond donors (Lipinski definition) is 0. The molecule has 3 aromatic heterocycles. The summed E-state index contributed by atoms with van der Waals surface area (Å²) in [4.78, 5) is 5.02. The third-order valence-electron chi connectivity index (χ3n) is 14.6. The van der Waals surface area contributed by atoms with Crippen molar-refractivity contribution in [3.05, 3.63) is 251 Å². The zero-order chi connectivity index (χ0) is 50.8. The SMILES string of the molecule is [2H]C([2H])([2H])c1cc(-n2c3ccc(-c4ccccc4)cc3c3ccc(Oc4ccc5c(c4)C(n4[c](=[Pt])n(-c6c(-c7ccccc7)cccc6-c6ccccc6)c6ccccc64)CCC5C)cc32)ncc1-c1ccccc1. The van der Waals surface area contributed by atoms with Gasteiger partial charge in [-0.05, 0) is 47.3 Å². The number of rotatable bonds is 9. The Kier molecular flexibility index (Phi) is 10.3. The molecule has 5 nitrogen and oxygen atoms in total. The van der Waals surface area contributed by atoms with E-state index in [-0.39, 0.29) is 11.6 Å². The van der Waals surface area contributed by atoms with Crippen LogP contribution in [0.25, 0.3) is 88.9 Å². The number of ether oxygens (including phenoxy) is 1. The van der Waals surface area contributed by atoms with E-state index in [1.807, 2.05) is 42.5 Å². The van der Waals surface area contributed by atoms with Crippen molar-refractivity contribution in [1.82, 2.24) is 18.7 Å². The molecule has 0 amide bonds. The van der Waals surface area contributed by atoms with Crippen LogP contribution in [0.5, 0.6) is 11.5 Å². The molecule has 13 rings (SSSR count). The number of fused-ring (bicyclic) bond motifs is 5. The molecule has 9 aromatic carbocycles. The Morgan fingerprint density at radius 3 is 1.78 bits per heavy atom. The maximum atomic E-state index is 8.69. The number of nitrogens with zero attached hydrogens (tertiary/aromatic N) is 4. The van der Waals surface area contributed by atoms with E-state index in [1.165, 1.54) is 27.8 Å². The van der Waals surface area contributed by atoms with Gasteiger partial charge in [-0.2, -0.15) is 0 Å². The van der Waals surface area contributed by atoms with E-state index in [4.69, 9.17) is 13.8 Å². The fraction of sp³-hybridized carbons (Fsp3) is 0.0909. The minimum Gasteiger partial charge on any atom is -0.238 e. The number of aryl methyl sites for hydroxylation is 1. The summed E-state index contributed by atoms with van der Waals surface area (Å²) in [5, 5.41) is 2.03. The maximum Gasteiger partial charge on any atom is 0.0374 e. The van der Waals surface area contributed by atoms with Gasteiger partial charge in [0.05, 0.1) is 0 Å². The van der Waals surface area contributed by atoms with Gasteiger partial charge in [-0.3, -0.25) is 0 Å². The average molecular weight is 1110 g/mol. The van der Waals surface area contributed by atoms with Crippen molar-refractivity contribution in [2.24, 2.45) is 0 Å². The summed E-state index contributed by atoms with van der Waals surface area (Å²) in [7, 11) is 0. The first kappa shape index (κ1) is 40.6. The Balaban J connectivity index is 0.946. The minimum absolute atomic E-state index is 0.0311.